The normalized spacial score (nSPS) is 15.2. The second-order valence-electron chi connectivity index (χ2n) is 7.18. The zero-order valence-electron chi connectivity index (χ0n) is 17.4. The van der Waals surface area contributed by atoms with E-state index in [4.69, 9.17) is 9.47 Å². The Hall–Kier alpha value is -3.25. The minimum Gasteiger partial charge on any atom is -0.493 e. The molecule has 1 aliphatic heterocycles. The fraction of sp³-hybridized carbons (Fsp3) is 0.200. The van der Waals surface area contributed by atoms with Crippen LogP contribution in [0.4, 0.5) is 5.69 Å². The topological polar surface area (TPSA) is 55.8 Å². The number of methoxy groups -OCH3 is 1. The molecule has 1 unspecified atom stereocenters. The van der Waals surface area contributed by atoms with Gasteiger partial charge in [-0.3, -0.25) is 14.5 Å². The molecule has 1 heterocycles. The van der Waals surface area contributed by atoms with E-state index in [1.165, 1.54) is 14.0 Å². The number of para-hydroxylation sites is 1. The van der Waals surface area contributed by atoms with Crippen molar-refractivity contribution in [1.82, 2.24) is 0 Å². The van der Waals surface area contributed by atoms with Crippen molar-refractivity contribution in [3.63, 3.8) is 0 Å². The lowest BCUT2D eigenvalue weighted by Gasteiger charge is -2.37. The Morgan fingerprint density at radius 1 is 1.00 bits per heavy atom. The second-order valence-corrected chi connectivity index (χ2v) is 8.24. The number of hydrogen-bond acceptors (Lipinski definition) is 5. The predicted molar refractivity (Wildman–Crippen MR) is 122 cm³/mol. The number of ketones is 1. The second kappa shape index (κ2) is 9.27. The van der Waals surface area contributed by atoms with E-state index in [-0.39, 0.29) is 24.3 Å². The third-order valence-corrected chi connectivity index (χ3v) is 6.35. The summed E-state index contributed by atoms with van der Waals surface area (Å²) in [7, 11) is 1.51. The smallest absolute Gasteiger partial charge is 0.265 e. The van der Waals surface area contributed by atoms with E-state index in [9.17, 15) is 9.59 Å². The van der Waals surface area contributed by atoms with E-state index < -0.39 is 0 Å². The van der Waals surface area contributed by atoms with Gasteiger partial charge in [-0.25, -0.2) is 0 Å². The molecule has 3 aromatic carbocycles. The highest BCUT2D eigenvalue weighted by molar-refractivity contribution is 7.99. The number of ether oxygens (including phenoxy) is 2. The third-order valence-electron chi connectivity index (χ3n) is 5.21. The van der Waals surface area contributed by atoms with Crippen LogP contribution in [0.25, 0.3) is 0 Å². The molecule has 6 heteroatoms. The number of rotatable bonds is 6. The molecule has 0 aliphatic carbocycles. The minimum atomic E-state index is -0.141. The van der Waals surface area contributed by atoms with Crippen molar-refractivity contribution in [3.8, 4) is 11.5 Å². The lowest BCUT2D eigenvalue weighted by molar-refractivity contribution is -0.121. The van der Waals surface area contributed by atoms with Gasteiger partial charge in [0.25, 0.3) is 5.91 Å². The molecule has 1 aliphatic rings. The first-order valence-corrected chi connectivity index (χ1v) is 11.0. The summed E-state index contributed by atoms with van der Waals surface area (Å²) < 4.78 is 11.2. The van der Waals surface area contributed by atoms with Crippen LogP contribution in [0.5, 0.6) is 11.5 Å². The van der Waals surface area contributed by atoms with E-state index in [1.807, 2.05) is 59.5 Å². The number of hydrogen-bond donors (Lipinski definition) is 0. The average Bonchev–Trinajstić information content (AvgIpc) is 2.82. The van der Waals surface area contributed by atoms with Gasteiger partial charge in [0.2, 0.25) is 0 Å². The highest BCUT2D eigenvalue weighted by Crippen LogP contribution is 2.43. The fourth-order valence-electron chi connectivity index (χ4n) is 3.63. The molecule has 5 nitrogen and oxygen atoms in total. The summed E-state index contributed by atoms with van der Waals surface area (Å²) in [6, 6.07) is 22.8. The Kier molecular flexibility index (Phi) is 6.28. The zero-order chi connectivity index (χ0) is 21.8. The highest BCUT2D eigenvalue weighted by Gasteiger charge is 2.32. The maximum atomic E-state index is 13.4. The lowest BCUT2D eigenvalue weighted by atomic mass is 10.1. The van der Waals surface area contributed by atoms with Crippen LogP contribution in [0.3, 0.4) is 0 Å². The molecule has 0 spiro atoms. The Bertz CT molecular complexity index is 1100. The number of carbonyl (C=O) groups excluding carboxylic acids is 2. The summed E-state index contributed by atoms with van der Waals surface area (Å²) in [6.07, 6.45) is 0. The minimum absolute atomic E-state index is 0.0611. The number of anilines is 1. The molecule has 0 saturated carbocycles. The van der Waals surface area contributed by atoms with Crippen molar-refractivity contribution < 1.29 is 19.1 Å². The number of carbonyl (C=O) groups is 2. The summed E-state index contributed by atoms with van der Waals surface area (Å²) >= 11 is 1.75. The number of benzene rings is 3. The van der Waals surface area contributed by atoms with E-state index in [2.05, 4.69) is 0 Å². The quantitative estimate of drug-likeness (QED) is 0.503. The SMILES string of the molecule is COc1cc(C(C)=O)ccc1OCC(=O)N1c2ccccc2SCC1c1ccccc1. The van der Waals surface area contributed by atoms with Crippen LogP contribution in [-0.4, -0.2) is 31.2 Å². The molecule has 31 heavy (non-hydrogen) atoms. The largest absolute Gasteiger partial charge is 0.493 e. The standard InChI is InChI=1S/C25H23NO4S/c1-17(27)19-12-13-22(23(14-19)29-2)30-15-25(28)26-20-10-6-7-11-24(20)31-16-21(26)18-8-4-3-5-9-18/h3-14,21H,15-16H2,1-2H3. The molecule has 0 bridgehead atoms. The molecule has 3 aromatic rings. The predicted octanol–water partition coefficient (Wildman–Crippen LogP) is 5.16. The molecule has 158 valence electrons. The first-order chi connectivity index (χ1) is 15.1. The van der Waals surface area contributed by atoms with Crippen molar-refractivity contribution in [2.75, 3.05) is 24.4 Å². The van der Waals surface area contributed by atoms with Gasteiger partial charge in [0, 0.05) is 16.2 Å². The monoisotopic (exact) mass is 433 g/mol. The number of Topliss-reactive ketones (excluding diaryl/α,β-unsaturated/α-hetero) is 1. The first kappa shape index (κ1) is 21.0. The highest BCUT2D eigenvalue weighted by atomic mass is 32.2. The van der Waals surface area contributed by atoms with Crippen molar-refractivity contribution in [3.05, 3.63) is 83.9 Å². The van der Waals surface area contributed by atoms with Crippen molar-refractivity contribution in [2.24, 2.45) is 0 Å². The summed E-state index contributed by atoms with van der Waals surface area (Å²) in [5.41, 5.74) is 2.50. The van der Waals surface area contributed by atoms with Gasteiger partial charge < -0.3 is 9.47 Å². The molecular formula is C25H23NO4S. The van der Waals surface area contributed by atoms with Crippen LogP contribution in [0, 0.1) is 0 Å². The molecule has 0 aromatic heterocycles. The molecular weight excluding hydrogens is 410 g/mol. The maximum absolute atomic E-state index is 13.4. The van der Waals surface area contributed by atoms with E-state index in [0.29, 0.717) is 17.1 Å². The van der Waals surface area contributed by atoms with Crippen molar-refractivity contribution in [2.45, 2.75) is 17.9 Å². The van der Waals surface area contributed by atoms with Crippen LogP contribution < -0.4 is 14.4 Å². The van der Waals surface area contributed by atoms with Gasteiger partial charge in [-0.1, -0.05) is 42.5 Å². The Morgan fingerprint density at radius 3 is 2.48 bits per heavy atom. The molecule has 1 amide bonds. The lowest BCUT2D eigenvalue weighted by Crippen LogP contribution is -2.41. The van der Waals surface area contributed by atoms with Crippen LogP contribution >= 0.6 is 11.8 Å². The summed E-state index contributed by atoms with van der Waals surface area (Å²) in [6.45, 7) is 1.35. The number of thioether (sulfide) groups is 1. The molecule has 4 rings (SSSR count). The number of fused-ring (bicyclic) bond motifs is 1. The molecule has 1 atom stereocenters. The first-order valence-electron chi connectivity index (χ1n) is 9.99. The van der Waals surface area contributed by atoms with Gasteiger partial charge in [-0.15, -0.1) is 11.8 Å². The van der Waals surface area contributed by atoms with Gasteiger partial charge in [0.1, 0.15) is 0 Å². The maximum Gasteiger partial charge on any atom is 0.265 e. The van der Waals surface area contributed by atoms with E-state index in [0.717, 1.165) is 21.9 Å². The van der Waals surface area contributed by atoms with E-state index in [1.54, 1.807) is 30.0 Å². The fourth-order valence-corrected chi connectivity index (χ4v) is 4.80. The van der Waals surface area contributed by atoms with Crippen molar-refractivity contribution >= 4 is 29.1 Å². The molecule has 0 saturated heterocycles. The Labute approximate surface area is 186 Å². The summed E-state index contributed by atoms with van der Waals surface area (Å²) in [5.74, 6) is 1.42. The molecule has 0 radical (unpaired) electrons. The van der Waals surface area contributed by atoms with Crippen LogP contribution in [0.15, 0.2) is 77.7 Å². The van der Waals surface area contributed by atoms with Crippen LogP contribution in [0.1, 0.15) is 28.9 Å². The summed E-state index contributed by atoms with van der Waals surface area (Å²) in [4.78, 5) is 27.9. The van der Waals surface area contributed by atoms with Gasteiger partial charge in [-0.05, 0) is 42.8 Å². The Morgan fingerprint density at radius 2 is 1.74 bits per heavy atom. The van der Waals surface area contributed by atoms with E-state index >= 15 is 0 Å². The van der Waals surface area contributed by atoms with Gasteiger partial charge in [-0.2, -0.15) is 0 Å². The van der Waals surface area contributed by atoms with Gasteiger partial charge in [0.15, 0.2) is 23.9 Å². The Balaban J connectivity index is 1.60. The molecule has 0 N–H and O–H groups in total. The summed E-state index contributed by atoms with van der Waals surface area (Å²) in [5, 5.41) is 0. The van der Waals surface area contributed by atoms with Gasteiger partial charge in [0.05, 0.1) is 18.8 Å². The van der Waals surface area contributed by atoms with Gasteiger partial charge >= 0.3 is 0 Å². The zero-order valence-corrected chi connectivity index (χ0v) is 18.2. The molecule has 0 fully saturated rings. The third kappa shape index (κ3) is 4.44. The number of amides is 1. The van der Waals surface area contributed by atoms with Crippen LogP contribution in [0.2, 0.25) is 0 Å². The number of nitrogens with zero attached hydrogens (tertiary/aromatic N) is 1. The average molecular weight is 434 g/mol. The van der Waals surface area contributed by atoms with Crippen molar-refractivity contribution in [1.29, 1.82) is 0 Å². The van der Waals surface area contributed by atoms with Crippen LogP contribution in [-0.2, 0) is 4.79 Å².